The first kappa shape index (κ1) is 16.3. The molecule has 1 aliphatic carbocycles. The molecule has 0 radical (unpaired) electrons. The van der Waals surface area contributed by atoms with Gasteiger partial charge in [-0.15, -0.1) is 5.10 Å². The van der Waals surface area contributed by atoms with Crippen molar-refractivity contribution in [3.8, 4) is 0 Å². The highest BCUT2D eigenvalue weighted by Gasteiger charge is 2.21. The van der Waals surface area contributed by atoms with E-state index in [1.54, 1.807) is 4.52 Å². The Morgan fingerprint density at radius 3 is 2.80 bits per heavy atom. The van der Waals surface area contributed by atoms with E-state index in [-0.39, 0.29) is 11.0 Å². The van der Waals surface area contributed by atoms with Crippen molar-refractivity contribution in [3.05, 3.63) is 52.3 Å². The minimum atomic E-state index is -0.238. The van der Waals surface area contributed by atoms with Gasteiger partial charge in [0.25, 0.3) is 5.78 Å². The summed E-state index contributed by atoms with van der Waals surface area (Å²) in [6, 6.07) is 8.09. The van der Waals surface area contributed by atoms with Crippen molar-refractivity contribution in [2.75, 3.05) is 0 Å². The number of rotatable bonds is 4. The zero-order valence-electron chi connectivity index (χ0n) is 14.6. The summed E-state index contributed by atoms with van der Waals surface area (Å²) in [5.41, 5.74) is 5.39. The summed E-state index contributed by atoms with van der Waals surface area (Å²) in [4.78, 5) is 21.6. The molecule has 6 heteroatoms. The molecule has 0 aliphatic heterocycles. The molecule has 2 aromatic heterocycles. The first-order valence-electron chi connectivity index (χ1n) is 8.55. The molecule has 25 heavy (non-hydrogen) atoms. The zero-order valence-corrected chi connectivity index (χ0v) is 15.4. The standard InChI is InChI=1S/C19H20N4OS/c1-11-9-12(2)23-18(20-11)21-19(22-23)25-13(3)17(24)16-8-7-14-5-4-6-15(14)10-16/h7-10,13H,4-6H2,1-3H3/t13-/m1/s1. The zero-order chi connectivity index (χ0) is 17.6. The molecule has 3 aromatic rings. The lowest BCUT2D eigenvalue weighted by Crippen LogP contribution is -2.14. The van der Waals surface area contributed by atoms with E-state index in [4.69, 9.17) is 0 Å². The number of hydrogen-bond donors (Lipinski definition) is 0. The third kappa shape index (κ3) is 3.06. The predicted octanol–water partition coefficient (Wildman–Crippen LogP) is 3.59. The molecule has 128 valence electrons. The first-order valence-corrected chi connectivity index (χ1v) is 9.43. The highest BCUT2D eigenvalue weighted by molar-refractivity contribution is 8.00. The molecule has 0 saturated heterocycles. The first-order chi connectivity index (χ1) is 12.0. The normalized spacial score (nSPS) is 14.7. The van der Waals surface area contributed by atoms with Crippen LogP contribution in [0.5, 0.6) is 0 Å². The molecular formula is C19H20N4OS. The van der Waals surface area contributed by atoms with Crippen molar-refractivity contribution in [3.63, 3.8) is 0 Å². The monoisotopic (exact) mass is 352 g/mol. The molecule has 0 bridgehead atoms. The number of nitrogens with zero attached hydrogens (tertiary/aromatic N) is 4. The summed E-state index contributed by atoms with van der Waals surface area (Å²) in [6.45, 7) is 5.83. The average molecular weight is 352 g/mol. The van der Waals surface area contributed by atoms with E-state index in [1.807, 2.05) is 32.9 Å². The van der Waals surface area contributed by atoms with Crippen LogP contribution in [0.2, 0.25) is 0 Å². The van der Waals surface area contributed by atoms with Crippen molar-refractivity contribution in [2.24, 2.45) is 0 Å². The molecule has 5 nitrogen and oxygen atoms in total. The van der Waals surface area contributed by atoms with Crippen molar-refractivity contribution in [1.82, 2.24) is 19.6 Å². The second-order valence-electron chi connectivity index (χ2n) is 6.61. The number of aryl methyl sites for hydroxylation is 4. The van der Waals surface area contributed by atoms with Gasteiger partial charge in [0.15, 0.2) is 5.78 Å². The van der Waals surface area contributed by atoms with Gasteiger partial charge in [-0.05, 0) is 63.3 Å². The minimum absolute atomic E-state index is 0.124. The lowest BCUT2D eigenvalue weighted by Gasteiger charge is -2.09. The molecule has 0 amide bonds. The quantitative estimate of drug-likeness (QED) is 0.530. The Labute approximate surface area is 150 Å². The number of carbonyl (C=O) groups excluding carboxylic acids is 1. The van der Waals surface area contributed by atoms with E-state index in [1.165, 1.54) is 29.3 Å². The van der Waals surface area contributed by atoms with Crippen LogP contribution in [0.25, 0.3) is 5.78 Å². The van der Waals surface area contributed by atoms with Crippen molar-refractivity contribution < 1.29 is 4.79 Å². The Hall–Kier alpha value is -2.21. The number of hydrogen-bond acceptors (Lipinski definition) is 5. The molecule has 2 heterocycles. The van der Waals surface area contributed by atoms with Gasteiger partial charge in [-0.2, -0.15) is 4.98 Å². The number of benzene rings is 1. The van der Waals surface area contributed by atoms with E-state index >= 15 is 0 Å². The molecule has 0 fully saturated rings. The van der Waals surface area contributed by atoms with Gasteiger partial charge >= 0.3 is 0 Å². The number of ketones is 1. The number of thioether (sulfide) groups is 1. The van der Waals surface area contributed by atoms with Gasteiger partial charge in [0.05, 0.1) is 5.25 Å². The second-order valence-corrected chi connectivity index (χ2v) is 7.91. The van der Waals surface area contributed by atoms with Crippen LogP contribution < -0.4 is 0 Å². The van der Waals surface area contributed by atoms with E-state index in [2.05, 4.69) is 27.2 Å². The maximum atomic E-state index is 12.8. The highest BCUT2D eigenvalue weighted by Crippen LogP contribution is 2.27. The number of fused-ring (bicyclic) bond motifs is 2. The van der Waals surface area contributed by atoms with Crippen LogP contribution in [0, 0.1) is 13.8 Å². The Morgan fingerprint density at radius 2 is 1.96 bits per heavy atom. The lowest BCUT2D eigenvalue weighted by molar-refractivity contribution is 0.0994. The summed E-state index contributed by atoms with van der Waals surface area (Å²) in [6.07, 6.45) is 3.40. The summed E-state index contributed by atoms with van der Waals surface area (Å²) in [5, 5.41) is 4.83. The molecular weight excluding hydrogens is 332 g/mol. The van der Waals surface area contributed by atoms with Gasteiger partial charge < -0.3 is 0 Å². The summed E-state index contributed by atoms with van der Waals surface area (Å²) < 4.78 is 1.72. The molecule has 1 aliphatic rings. The van der Waals surface area contributed by atoms with Crippen LogP contribution in [0.4, 0.5) is 0 Å². The average Bonchev–Trinajstić information content (AvgIpc) is 3.19. The molecule has 0 saturated carbocycles. The largest absolute Gasteiger partial charge is 0.293 e. The number of carbonyl (C=O) groups is 1. The minimum Gasteiger partial charge on any atom is -0.293 e. The number of Topliss-reactive ketones (excluding diaryl/α,β-unsaturated/α-hetero) is 1. The van der Waals surface area contributed by atoms with Crippen molar-refractivity contribution in [2.45, 2.75) is 50.4 Å². The fourth-order valence-corrected chi connectivity index (χ4v) is 4.19. The van der Waals surface area contributed by atoms with E-state index in [0.29, 0.717) is 10.9 Å². The van der Waals surface area contributed by atoms with Crippen LogP contribution in [0.1, 0.15) is 46.2 Å². The van der Waals surface area contributed by atoms with Crippen LogP contribution >= 0.6 is 11.8 Å². The van der Waals surface area contributed by atoms with Gasteiger partial charge in [0.2, 0.25) is 5.16 Å². The van der Waals surface area contributed by atoms with Crippen LogP contribution in [-0.4, -0.2) is 30.6 Å². The van der Waals surface area contributed by atoms with Gasteiger partial charge in [-0.1, -0.05) is 23.9 Å². The molecule has 0 unspecified atom stereocenters. The SMILES string of the molecule is Cc1cc(C)n2nc(S[C@H](C)C(=O)c3ccc4c(c3)CCC4)nc2n1. The smallest absolute Gasteiger partial charge is 0.253 e. The van der Waals surface area contributed by atoms with Gasteiger partial charge in [-0.25, -0.2) is 9.50 Å². The second kappa shape index (κ2) is 6.26. The third-order valence-corrected chi connectivity index (χ3v) is 5.58. The maximum absolute atomic E-state index is 12.8. The van der Waals surface area contributed by atoms with E-state index < -0.39 is 0 Å². The fraction of sp³-hybridized carbons (Fsp3) is 0.368. The molecule has 4 rings (SSSR count). The Bertz CT molecular complexity index is 979. The summed E-state index contributed by atoms with van der Waals surface area (Å²) in [5.74, 6) is 0.705. The van der Waals surface area contributed by atoms with E-state index in [0.717, 1.165) is 29.8 Å². The summed E-state index contributed by atoms with van der Waals surface area (Å²) in [7, 11) is 0. The van der Waals surface area contributed by atoms with Gasteiger partial charge in [-0.3, -0.25) is 4.79 Å². The molecule has 1 aromatic carbocycles. The fourth-order valence-electron chi connectivity index (χ4n) is 3.37. The molecule has 0 N–H and O–H groups in total. The van der Waals surface area contributed by atoms with Crippen molar-refractivity contribution >= 4 is 23.3 Å². The van der Waals surface area contributed by atoms with Crippen LogP contribution in [0.3, 0.4) is 0 Å². The summed E-state index contributed by atoms with van der Waals surface area (Å²) >= 11 is 1.39. The third-order valence-electron chi connectivity index (χ3n) is 4.63. The highest BCUT2D eigenvalue weighted by atomic mass is 32.2. The van der Waals surface area contributed by atoms with Crippen molar-refractivity contribution in [1.29, 1.82) is 0 Å². The molecule has 0 spiro atoms. The Morgan fingerprint density at radius 1 is 1.16 bits per heavy atom. The van der Waals surface area contributed by atoms with E-state index in [9.17, 15) is 4.79 Å². The topological polar surface area (TPSA) is 60.2 Å². The lowest BCUT2D eigenvalue weighted by atomic mass is 10.0. The van der Waals surface area contributed by atoms with Crippen LogP contribution in [-0.2, 0) is 12.8 Å². The Kier molecular flexibility index (Phi) is 4.07. The maximum Gasteiger partial charge on any atom is 0.253 e. The van der Waals surface area contributed by atoms with Gasteiger partial charge in [0, 0.05) is 17.0 Å². The van der Waals surface area contributed by atoms with Gasteiger partial charge in [0.1, 0.15) is 0 Å². The molecule has 1 atom stereocenters. The van der Waals surface area contributed by atoms with Crippen LogP contribution in [0.15, 0.2) is 29.4 Å². The predicted molar refractivity (Wildman–Crippen MR) is 98.4 cm³/mol. The Balaban J connectivity index is 1.56. The number of aromatic nitrogens is 4.